The summed E-state index contributed by atoms with van der Waals surface area (Å²) in [7, 11) is 0.774. The van der Waals surface area contributed by atoms with E-state index in [1.165, 1.54) is 20.8 Å². The number of methoxy groups -OCH3 is 1. The third kappa shape index (κ3) is 6.51. The third-order valence-corrected chi connectivity index (χ3v) is 5.26. The molecular formula is C21H19ClF9N3O4. The molecule has 0 saturated heterocycles. The molecule has 2 aromatic rings. The van der Waals surface area contributed by atoms with Crippen LogP contribution in [0.2, 0.25) is 5.02 Å². The van der Waals surface area contributed by atoms with Crippen LogP contribution in [-0.2, 0) is 32.8 Å². The number of aromatic nitrogens is 2. The Kier molecular flexibility index (Phi) is 9.03. The van der Waals surface area contributed by atoms with Gasteiger partial charge < -0.3 is 9.47 Å². The van der Waals surface area contributed by atoms with Crippen molar-refractivity contribution in [3.63, 3.8) is 0 Å². The molecule has 0 fully saturated rings. The van der Waals surface area contributed by atoms with Gasteiger partial charge in [0.1, 0.15) is 0 Å². The van der Waals surface area contributed by atoms with Crippen molar-refractivity contribution >= 4 is 29.2 Å². The number of benzene rings is 1. The van der Waals surface area contributed by atoms with Crippen molar-refractivity contribution in [2.75, 3.05) is 18.6 Å². The Balaban J connectivity index is 3.21. The number of hydrogen-bond acceptors (Lipinski definition) is 6. The summed E-state index contributed by atoms with van der Waals surface area (Å²) in [6, 6.07) is -1.25. The van der Waals surface area contributed by atoms with Crippen LogP contribution in [0.5, 0.6) is 0 Å². The van der Waals surface area contributed by atoms with Crippen LogP contribution in [0.15, 0.2) is 23.0 Å². The number of anilines is 2. The Morgan fingerprint density at radius 3 is 2.03 bits per heavy atom. The van der Waals surface area contributed by atoms with Crippen molar-refractivity contribution in [3.8, 4) is 0 Å². The number of halogens is 10. The molecule has 0 N–H and O–H groups in total. The maximum absolute atomic E-state index is 13.7. The second-order valence-electron chi connectivity index (χ2n) is 7.79. The first kappa shape index (κ1) is 31.2. The monoisotopic (exact) mass is 583 g/mol. The molecule has 0 aliphatic heterocycles. The van der Waals surface area contributed by atoms with Crippen LogP contribution in [0.25, 0.3) is 0 Å². The number of esters is 1. The molecule has 1 unspecified atom stereocenters. The largest absolute Gasteiger partial charge is 0.466 e. The molecule has 2 rings (SSSR count). The van der Waals surface area contributed by atoms with E-state index in [-0.39, 0.29) is 23.1 Å². The van der Waals surface area contributed by atoms with E-state index in [1.807, 2.05) is 0 Å². The molecule has 0 aliphatic rings. The molecule has 0 spiro atoms. The molecule has 0 amide bonds. The zero-order chi connectivity index (χ0) is 29.4. The number of hydrogen-bond donors (Lipinski definition) is 0. The maximum atomic E-state index is 13.7. The Hall–Kier alpha value is -3.01. The maximum Gasteiger partial charge on any atom is 0.433 e. The van der Waals surface area contributed by atoms with Crippen LogP contribution in [0.1, 0.15) is 43.6 Å². The number of rotatable bonds is 7. The molecule has 1 aromatic carbocycles. The Labute approximate surface area is 213 Å². The highest BCUT2D eigenvalue weighted by Gasteiger charge is 2.44. The molecule has 0 bridgehead atoms. The Bertz CT molecular complexity index is 1240. The first-order valence-electron chi connectivity index (χ1n) is 10.4. The fourth-order valence-electron chi connectivity index (χ4n) is 3.28. The lowest BCUT2D eigenvalue weighted by Crippen LogP contribution is -2.45. The molecule has 1 heterocycles. The lowest BCUT2D eigenvalue weighted by molar-refractivity contribution is -0.153. The van der Waals surface area contributed by atoms with Gasteiger partial charge >= 0.3 is 24.5 Å². The fraction of sp³-hybridized carbons (Fsp3) is 0.476. The zero-order valence-corrected chi connectivity index (χ0v) is 20.6. The summed E-state index contributed by atoms with van der Waals surface area (Å²) in [6.45, 7) is 3.35. The average Bonchev–Trinajstić information content (AvgIpc) is 2.76. The normalized spacial score (nSPS) is 13.6. The SMILES string of the molecule is CCOC(C(=O)OC)N(c1cc(C(F)(F)F)cc(C(F)(F)F)c1Cl)c1nc(C(F)(F)F)cc(=O)n1C(C)C. The molecule has 17 heteroatoms. The molecule has 1 atom stereocenters. The predicted molar refractivity (Wildman–Crippen MR) is 115 cm³/mol. The summed E-state index contributed by atoms with van der Waals surface area (Å²) < 4.78 is 133. The van der Waals surface area contributed by atoms with E-state index in [4.69, 9.17) is 16.3 Å². The second-order valence-corrected chi connectivity index (χ2v) is 8.17. The Morgan fingerprint density at radius 1 is 1.03 bits per heavy atom. The van der Waals surface area contributed by atoms with E-state index < -0.39 is 82.4 Å². The lowest BCUT2D eigenvalue weighted by atomic mass is 10.1. The molecule has 0 radical (unpaired) electrons. The molecule has 38 heavy (non-hydrogen) atoms. The summed E-state index contributed by atoms with van der Waals surface area (Å²) in [5, 5.41) is -1.44. The average molecular weight is 584 g/mol. The van der Waals surface area contributed by atoms with Gasteiger partial charge in [0.2, 0.25) is 12.2 Å². The van der Waals surface area contributed by atoms with Gasteiger partial charge in [-0.15, -0.1) is 0 Å². The van der Waals surface area contributed by atoms with Gasteiger partial charge in [0, 0.05) is 18.7 Å². The van der Waals surface area contributed by atoms with Gasteiger partial charge in [0.05, 0.1) is 28.9 Å². The summed E-state index contributed by atoms with van der Waals surface area (Å²) >= 11 is 5.88. The minimum Gasteiger partial charge on any atom is -0.466 e. The van der Waals surface area contributed by atoms with Gasteiger partial charge in [0.15, 0.2) is 5.69 Å². The predicted octanol–water partition coefficient (Wildman–Crippen LogP) is 6.21. The fourth-order valence-corrected chi connectivity index (χ4v) is 3.59. The topological polar surface area (TPSA) is 73.7 Å². The summed E-state index contributed by atoms with van der Waals surface area (Å²) in [5.74, 6) is -2.64. The van der Waals surface area contributed by atoms with Crippen LogP contribution in [0.4, 0.5) is 51.1 Å². The number of ether oxygens (including phenoxy) is 2. The van der Waals surface area contributed by atoms with Gasteiger partial charge in [0.25, 0.3) is 5.56 Å². The van der Waals surface area contributed by atoms with Crippen LogP contribution in [0, 0.1) is 0 Å². The van der Waals surface area contributed by atoms with Gasteiger partial charge in [-0.25, -0.2) is 9.78 Å². The summed E-state index contributed by atoms with van der Waals surface area (Å²) in [5.41, 5.74) is -8.46. The van der Waals surface area contributed by atoms with Crippen molar-refractivity contribution < 1.29 is 53.8 Å². The van der Waals surface area contributed by atoms with E-state index >= 15 is 0 Å². The van der Waals surface area contributed by atoms with Gasteiger partial charge in [-0.1, -0.05) is 11.6 Å². The van der Waals surface area contributed by atoms with Crippen LogP contribution >= 0.6 is 11.6 Å². The highest BCUT2D eigenvalue weighted by atomic mass is 35.5. The van der Waals surface area contributed by atoms with Crippen molar-refractivity contribution in [2.24, 2.45) is 0 Å². The zero-order valence-electron chi connectivity index (χ0n) is 19.8. The van der Waals surface area contributed by atoms with E-state index in [0.717, 1.165) is 7.11 Å². The lowest BCUT2D eigenvalue weighted by Gasteiger charge is -2.34. The molecular weight excluding hydrogens is 565 g/mol. The molecule has 1 aromatic heterocycles. The highest BCUT2D eigenvalue weighted by Crippen LogP contribution is 2.46. The number of carbonyl (C=O) groups is 1. The number of alkyl halides is 9. The van der Waals surface area contributed by atoms with Crippen LogP contribution < -0.4 is 10.5 Å². The van der Waals surface area contributed by atoms with Crippen molar-refractivity contribution in [1.82, 2.24) is 9.55 Å². The van der Waals surface area contributed by atoms with Crippen LogP contribution in [-0.4, -0.2) is 35.5 Å². The van der Waals surface area contributed by atoms with E-state index in [0.29, 0.717) is 4.57 Å². The van der Waals surface area contributed by atoms with E-state index in [1.54, 1.807) is 0 Å². The third-order valence-electron chi connectivity index (χ3n) is 4.86. The van der Waals surface area contributed by atoms with Crippen molar-refractivity contribution in [1.29, 1.82) is 0 Å². The quantitative estimate of drug-likeness (QED) is 0.219. The molecule has 212 valence electrons. The summed E-state index contributed by atoms with van der Waals surface area (Å²) in [6.07, 6.45) is -18.5. The first-order valence-corrected chi connectivity index (χ1v) is 10.8. The van der Waals surface area contributed by atoms with Crippen molar-refractivity contribution in [2.45, 2.75) is 51.6 Å². The van der Waals surface area contributed by atoms with Crippen molar-refractivity contribution in [3.05, 3.63) is 50.4 Å². The molecule has 7 nitrogen and oxygen atoms in total. The summed E-state index contributed by atoms with van der Waals surface area (Å²) in [4.78, 5) is 28.7. The van der Waals surface area contributed by atoms with E-state index in [2.05, 4.69) is 9.72 Å². The second kappa shape index (κ2) is 11.0. The standard InChI is InChI=1S/C21H19ClF9N3O4/c1-5-38-16(17(36)37-4)34(18-32-13(21(29,30)31)8-14(35)33(18)9(2)3)12-7-10(19(23,24)25)6-11(15(12)22)20(26,27)28/h6-9,16H,5H2,1-4H3. The minimum atomic E-state index is -5.48. The molecule has 0 saturated carbocycles. The first-order chi connectivity index (χ1) is 17.2. The Morgan fingerprint density at radius 2 is 1.61 bits per heavy atom. The number of nitrogens with zero attached hydrogens (tertiary/aromatic N) is 3. The van der Waals surface area contributed by atoms with Crippen LogP contribution in [0.3, 0.4) is 0 Å². The van der Waals surface area contributed by atoms with Gasteiger partial charge in [-0.3, -0.25) is 14.3 Å². The smallest absolute Gasteiger partial charge is 0.433 e. The van der Waals surface area contributed by atoms with E-state index in [9.17, 15) is 49.1 Å². The minimum absolute atomic E-state index is 0.0591. The molecule has 0 aliphatic carbocycles. The van der Waals surface area contributed by atoms with Gasteiger partial charge in [-0.2, -0.15) is 39.5 Å². The number of carbonyl (C=O) groups excluding carboxylic acids is 1. The highest BCUT2D eigenvalue weighted by molar-refractivity contribution is 6.34. The van der Waals surface area contributed by atoms with Gasteiger partial charge in [-0.05, 0) is 32.9 Å².